The summed E-state index contributed by atoms with van der Waals surface area (Å²) in [6.45, 7) is 5.09. The quantitative estimate of drug-likeness (QED) is 0.911. The average molecular weight is 263 g/mol. The molecular weight excluding hydrogens is 242 g/mol. The van der Waals surface area contributed by atoms with Crippen molar-refractivity contribution in [1.82, 2.24) is 4.90 Å². The van der Waals surface area contributed by atoms with Gasteiger partial charge >= 0.3 is 6.09 Å². The fourth-order valence-electron chi connectivity index (χ4n) is 2.58. The number of benzene rings is 1. The molecule has 0 saturated carbocycles. The summed E-state index contributed by atoms with van der Waals surface area (Å²) in [7, 11) is 0. The minimum atomic E-state index is -0.339. The summed E-state index contributed by atoms with van der Waals surface area (Å²) in [6, 6.07) is 9.47. The van der Waals surface area contributed by atoms with E-state index in [0.29, 0.717) is 6.54 Å². The molecule has 0 radical (unpaired) electrons. The van der Waals surface area contributed by atoms with Gasteiger partial charge in [0.25, 0.3) is 0 Å². The topological polar surface area (TPSA) is 49.8 Å². The first kappa shape index (κ1) is 13.9. The van der Waals surface area contributed by atoms with E-state index in [1.165, 1.54) is 0 Å². The first-order valence-corrected chi connectivity index (χ1v) is 6.60. The molecule has 0 aliphatic carbocycles. The number of nitrogens with zero attached hydrogens (tertiary/aromatic N) is 1. The summed E-state index contributed by atoms with van der Waals surface area (Å²) in [4.78, 5) is 13.7. The van der Waals surface area contributed by atoms with Crippen molar-refractivity contribution in [2.45, 2.75) is 32.9 Å². The standard InChI is InChI=1S/C15H21NO3/c1-15(2)8-13(9-17)16(11-15)14(18)19-10-12-6-4-3-5-7-12/h3-7,13,17H,8-11H2,1-2H3. The third-order valence-corrected chi connectivity index (χ3v) is 3.48. The molecule has 1 aliphatic rings. The summed E-state index contributed by atoms with van der Waals surface area (Å²) in [5, 5.41) is 9.35. The zero-order valence-electron chi connectivity index (χ0n) is 11.5. The highest BCUT2D eigenvalue weighted by atomic mass is 16.6. The zero-order valence-corrected chi connectivity index (χ0v) is 11.5. The molecular formula is C15H21NO3. The Morgan fingerprint density at radius 1 is 1.42 bits per heavy atom. The van der Waals surface area contributed by atoms with Crippen LogP contribution < -0.4 is 0 Å². The maximum atomic E-state index is 12.1. The number of aliphatic hydroxyl groups is 1. The maximum absolute atomic E-state index is 12.1. The smallest absolute Gasteiger partial charge is 0.410 e. The van der Waals surface area contributed by atoms with Crippen molar-refractivity contribution < 1.29 is 14.6 Å². The van der Waals surface area contributed by atoms with Crippen molar-refractivity contribution in [3.8, 4) is 0 Å². The highest BCUT2D eigenvalue weighted by Gasteiger charge is 2.40. The lowest BCUT2D eigenvalue weighted by molar-refractivity contribution is 0.0783. The molecule has 4 heteroatoms. The third-order valence-electron chi connectivity index (χ3n) is 3.48. The van der Waals surface area contributed by atoms with E-state index < -0.39 is 0 Å². The van der Waals surface area contributed by atoms with Gasteiger partial charge in [0, 0.05) is 6.54 Å². The Morgan fingerprint density at radius 3 is 2.74 bits per heavy atom. The van der Waals surface area contributed by atoms with E-state index in [2.05, 4.69) is 13.8 Å². The Kier molecular flexibility index (Phi) is 4.10. The molecule has 1 heterocycles. The highest BCUT2D eigenvalue weighted by molar-refractivity contribution is 5.68. The number of aliphatic hydroxyl groups excluding tert-OH is 1. The van der Waals surface area contributed by atoms with Gasteiger partial charge < -0.3 is 14.7 Å². The number of likely N-dealkylation sites (tertiary alicyclic amines) is 1. The number of carbonyl (C=O) groups excluding carboxylic acids is 1. The lowest BCUT2D eigenvalue weighted by Crippen LogP contribution is -2.38. The van der Waals surface area contributed by atoms with Crippen LogP contribution in [0.2, 0.25) is 0 Å². The molecule has 0 spiro atoms. The van der Waals surface area contributed by atoms with Gasteiger partial charge in [-0.25, -0.2) is 4.79 Å². The lowest BCUT2D eigenvalue weighted by atomic mass is 9.91. The van der Waals surface area contributed by atoms with Gasteiger partial charge in [0.05, 0.1) is 12.6 Å². The monoisotopic (exact) mass is 263 g/mol. The van der Waals surface area contributed by atoms with Crippen molar-refractivity contribution in [3.63, 3.8) is 0 Å². The van der Waals surface area contributed by atoms with E-state index >= 15 is 0 Å². The van der Waals surface area contributed by atoms with Crippen LogP contribution in [-0.4, -0.2) is 35.3 Å². The second-order valence-electron chi connectivity index (χ2n) is 5.87. The van der Waals surface area contributed by atoms with Gasteiger partial charge in [0.2, 0.25) is 0 Å². The maximum Gasteiger partial charge on any atom is 0.410 e. The van der Waals surface area contributed by atoms with Crippen LogP contribution >= 0.6 is 0 Å². The number of hydrogen-bond acceptors (Lipinski definition) is 3. The first-order chi connectivity index (χ1) is 9.02. The predicted molar refractivity (Wildman–Crippen MR) is 72.6 cm³/mol. The summed E-state index contributed by atoms with van der Waals surface area (Å²) >= 11 is 0. The van der Waals surface area contributed by atoms with E-state index in [-0.39, 0.29) is 30.8 Å². The summed E-state index contributed by atoms with van der Waals surface area (Å²) in [5.74, 6) is 0. The Hall–Kier alpha value is -1.55. The molecule has 1 atom stereocenters. The third kappa shape index (κ3) is 3.47. The van der Waals surface area contributed by atoms with Crippen molar-refractivity contribution >= 4 is 6.09 Å². The molecule has 1 amide bonds. The van der Waals surface area contributed by atoms with E-state index in [1.54, 1.807) is 4.90 Å². The summed E-state index contributed by atoms with van der Waals surface area (Å²) in [5.41, 5.74) is 1.01. The van der Waals surface area contributed by atoms with Crippen LogP contribution in [0.3, 0.4) is 0 Å². The number of carbonyl (C=O) groups is 1. The molecule has 1 aliphatic heterocycles. The Balaban J connectivity index is 1.93. The molecule has 1 N–H and O–H groups in total. The number of ether oxygens (including phenoxy) is 1. The van der Waals surface area contributed by atoms with Gasteiger partial charge in [0.1, 0.15) is 6.61 Å². The molecule has 2 rings (SSSR count). The fourth-order valence-corrected chi connectivity index (χ4v) is 2.58. The van der Waals surface area contributed by atoms with Crippen LogP contribution in [-0.2, 0) is 11.3 Å². The van der Waals surface area contributed by atoms with Gasteiger partial charge in [0.15, 0.2) is 0 Å². The molecule has 19 heavy (non-hydrogen) atoms. The van der Waals surface area contributed by atoms with E-state index in [4.69, 9.17) is 4.74 Å². The second kappa shape index (κ2) is 5.61. The minimum absolute atomic E-state index is 0.0101. The molecule has 1 aromatic carbocycles. The van der Waals surface area contributed by atoms with Crippen molar-refractivity contribution in [3.05, 3.63) is 35.9 Å². The van der Waals surface area contributed by atoms with Crippen molar-refractivity contribution in [1.29, 1.82) is 0 Å². The number of hydrogen-bond donors (Lipinski definition) is 1. The van der Waals surface area contributed by atoms with Crippen molar-refractivity contribution in [2.24, 2.45) is 5.41 Å². The minimum Gasteiger partial charge on any atom is -0.445 e. The van der Waals surface area contributed by atoms with Gasteiger partial charge in [-0.1, -0.05) is 44.2 Å². The van der Waals surface area contributed by atoms with Gasteiger partial charge in [-0.3, -0.25) is 0 Å². The summed E-state index contributed by atoms with van der Waals surface area (Å²) < 4.78 is 5.31. The molecule has 0 bridgehead atoms. The van der Waals surface area contributed by atoms with E-state index in [0.717, 1.165) is 12.0 Å². The number of rotatable bonds is 3. The van der Waals surface area contributed by atoms with Gasteiger partial charge in [-0.15, -0.1) is 0 Å². The lowest BCUT2D eigenvalue weighted by Gasteiger charge is -2.22. The van der Waals surface area contributed by atoms with Crippen molar-refractivity contribution in [2.75, 3.05) is 13.2 Å². The van der Waals surface area contributed by atoms with E-state index in [9.17, 15) is 9.90 Å². The van der Waals surface area contributed by atoms with E-state index in [1.807, 2.05) is 30.3 Å². The van der Waals surface area contributed by atoms with Crippen LogP contribution in [0.25, 0.3) is 0 Å². The van der Waals surface area contributed by atoms with Gasteiger partial charge in [-0.2, -0.15) is 0 Å². The van der Waals surface area contributed by atoms with Gasteiger partial charge in [-0.05, 0) is 17.4 Å². The Labute approximate surface area is 114 Å². The average Bonchev–Trinajstić information content (AvgIpc) is 2.72. The Morgan fingerprint density at radius 2 is 2.11 bits per heavy atom. The Bertz CT molecular complexity index is 430. The molecule has 104 valence electrons. The largest absolute Gasteiger partial charge is 0.445 e. The van der Waals surface area contributed by atoms with Crippen LogP contribution in [0.1, 0.15) is 25.8 Å². The molecule has 4 nitrogen and oxygen atoms in total. The SMILES string of the molecule is CC1(C)CC(CO)N(C(=O)OCc2ccccc2)C1. The first-order valence-electron chi connectivity index (χ1n) is 6.60. The highest BCUT2D eigenvalue weighted by Crippen LogP contribution is 2.34. The van der Waals surface area contributed by atoms with Crippen LogP contribution in [0, 0.1) is 5.41 Å². The summed E-state index contributed by atoms with van der Waals surface area (Å²) in [6.07, 6.45) is 0.470. The second-order valence-corrected chi connectivity index (χ2v) is 5.87. The molecule has 1 unspecified atom stereocenters. The molecule has 0 aromatic heterocycles. The zero-order chi connectivity index (χ0) is 13.9. The fraction of sp³-hybridized carbons (Fsp3) is 0.533. The van der Waals surface area contributed by atoms with Crippen LogP contribution in [0.5, 0.6) is 0 Å². The normalized spacial score (nSPS) is 21.4. The van der Waals surface area contributed by atoms with Crippen LogP contribution in [0.4, 0.5) is 4.79 Å². The molecule has 1 fully saturated rings. The predicted octanol–water partition coefficient (Wildman–Crippen LogP) is 2.42. The molecule has 1 aromatic rings. The number of amides is 1. The van der Waals surface area contributed by atoms with Crippen LogP contribution in [0.15, 0.2) is 30.3 Å². The molecule has 1 saturated heterocycles.